The standard InChI is InChI=1S/C25H29N3O3S2/c1-32-16-13-21(26-23(29)17-31-19-7-3-2-4-8-19)25(30)28-14-11-18(12-15-28)24-27-20-9-5-6-10-22(20)33-24/h2-10,18,21H,11-17H2,1H3,(H,26,29)/t21-/m0/s1. The minimum Gasteiger partial charge on any atom is -0.484 e. The molecule has 6 nitrogen and oxygen atoms in total. The van der Waals surface area contributed by atoms with Crippen molar-refractivity contribution in [2.45, 2.75) is 31.2 Å². The number of carbonyl (C=O) groups excluding carboxylic acids is 2. The van der Waals surface area contributed by atoms with Gasteiger partial charge in [-0.25, -0.2) is 4.98 Å². The van der Waals surface area contributed by atoms with Gasteiger partial charge in [-0.1, -0.05) is 30.3 Å². The molecule has 0 unspecified atom stereocenters. The van der Waals surface area contributed by atoms with Crippen LogP contribution in [-0.4, -0.2) is 59.4 Å². The molecule has 0 radical (unpaired) electrons. The molecule has 1 aliphatic rings. The fourth-order valence-electron chi connectivity index (χ4n) is 4.03. The van der Waals surface area contributed by atoms with E-state index in [1.807, 2.05) is 41.5 Å². The summed E-state index contributed by atoms with van der Waals surface area (Å²) in [6.45, 7) is 1.27. The number of carbonyl (C=O) groups is 2. The summed E-state index contributed by atoms with van der Waals surface area (Å²) in [4.78, 5) is 32.4. The normalized spacial score (nSPS) is 15.4. The number of para-hydroxylation sites is 2. The minimum atomic E-state index is -0.525. The van der Waals surface area contributed by atoms with E-state index in [0.717, 1.165) is 29.1 Å². The second-order valence-electron chi connectivity index (χ2n) is 8.12. The molecule has 2 heterocycles. The van der Waals surface area contributed by atoms with E-state index in [4.69, 9.17) is 9.72 Å². The van der Waals surface area contributed by atoms with Crippen LogP contribution < -0.4 is 10.1 Å². The molecule has 2 amide bonds. The summed E-state index contributed by atoms with van der Waals surface area (Å²) in [6.07, 6.45) is 4.40. The molecule has 0 saturated carbocycles. The maximum absolute atomic E-state index is 13.2. The number of ether oxygens (including phenoxy) is 1. The fourth-order valence-corrected chi connectivity index (χ4v) is 5.63. The number of benzene rings is 2. The van der Waals surface area contributed by atoms with Gasteiger partial charge in [0.15, 0.2) is 6.61 Å². The molecule has 1 aliphatic heterocycles. The third-order valence-corrected chi connectivity index (χ3v) is 7.67. The first kappa shape index (κ1) is 23.6. The Morgan fingerprint density at radius 1 is 1.15 bits per heavy atom. The van der Waals surface area contributed by atoms with Gasteiger partial charge in [-0.15, -0.1) is 11.3 Å². The molecule has 0 aliphatic carbocycles. The lowest BCUT2D eigenvalue weighted by Gasteiger charge is -2.33. The summed E-state index contributed by atoms with van der Waals surface area (Å²) in [6, 6.07) is 16.9. The number of hydrogen-bond donors (Lipinski definition) is 1. The second kappa shape index (κ2) is 11.5. The summed E-state index contributed by atoms with van der Waals surface area (Å²) in [5.41, 5.74) is 1.05. The van der Waals surface area contributed by atoms with Gasteiger partial charge in [-0.05, 0) is 55.5 Å². The van der Waals surface area contributed by atoms with Gasteiger partial charge in [0.05, 0.1) is 15.2 Å². The Balaban J connectivity index is 1.32. The van der Waals surface area contributed by atoms with E-state index < -0.39 is 6.04 Å². The molecule has 1 atom stereocenters. The number of rotatable bonds is 9. The molecule has 1 saturated heterocycles. The Hall–Kier alpha value is -2.58. The monoisotopic (exact) mass is 483 g/mol. The third-order valence-electron chi connectivity index (χ3n) is 5.82. The molecule has 8 heteroatoms. The van der Waals surface area contributed by atoms with Crippen LogP contribution in [0.4, 0.5) is 0 Å². The topological polar surface area (TPSA) is 71.5 Å². The molecule has 1 aromatic heterocycles. The molecule has 3 aromatic rings. The van der Waals surface area contributed by atoms with Gasteiger partial charge in [0.25, 0.3) is 5.91 Å². The molecule has 33 heavy (non-hydrogen) atoms. The zero-order chi connectivity index (χ0) is 23.0. The summed E-state index contributed by atoms with van der Waals surface area (Å²) in [5, 5.41) is 4.06. The van der Waals surface area contributed by atoms with Gasteiger partial charge in [0, 0.05) is 19.0 Å². The molecular formula is C25H29N3O3S2. The summed E-state index contributed by atoms with van der Waals surface area (Å²) in [5.74, 6) is 1.54. The second-order valence-corrected chi connectivity index (χ2v) is 10.2. The van der Waals surface area contributed by atoms with Gasteiger partial charge in [0.1, 0.15) is 11.8 Å². The van der Waals surface area contributed by atoms with E-state index in [9.17, 15) is 9.59 Å². The molecule has 1 fully saturated rings. The largest absolute Gasteiger partial charge is 0.484 e. The summed E-state index contributed by atoms with van der Waals surface area (Å²) < 4.78 is 6.75. The maximum Gasteiger partial charge on any atom is 0.258 e. The number of likely N-dealkylation sites (tertiary alicyclic amines) is 1. The number of fused-ring (bicyclic) bond motifs is 1. The van der Waals surface area contributed by atoms with E-state index in [0.29, 0.717) is 31.2 Å². The Morgan fingerprint density at radius 3 is 2.61 bits per heavy atom. The first-order valence-electron chi connectivity index (χ1n) is 11.2. The van der Waals surface area contributed by atoms with Crippen molar-refractivity contribution in [2.24, 2.45) is 0 Å². The van der Waals surface area contributed by atoms with Crippen molar-refractivity contribution in [1.82, 2.24) is 15.2 Å². The number of nitrogens with one attached hydrogen (secondary N) is 1. The van der Waals surface area contributed by atoms with Crippen molar-refractivity contribution in [1.29, 1.82) is 0 Å². The highest BCUT2D eigenvalue weighted by Gasteiger charge is 2.30. The van der Waals surface area contributed by atoms with Gasteiger partial charge in [0.2, 0.25) is 5.91 Å². The van der Waals surface area contributed by atoms with Crippen molar-refractivity contribution >= 4 is 45.1 Å². The van der Waals surface area contributed by atoms with E-state index in [1.165, 1.54) is 4.70 Å². The number of thiazole rings is 1. The maximum atomic E-state index is 13.2. The van der Waals surface area contributed by atoms with Crippen LogP contribution in [0, 0.1) is 0 Å². The Labute approximate surface area is 202 Å². The molecule has 0 bridgehead atoms. The number of thioether (sulfide) groups is 1. The van der Waals surface area contributed by atoms with Crippen LogP contribution in [0.5, 0.6) is 5.75 Å². The van der Waals surface area contributed by atoms with Gasteiger partial charge >= 0.3 is 0 Å². The lowest BCUT2D eigenvalue weighted by molar-refractivity contribution is -0.137. The molecule has 4 rings (SSSR count). The SMILES string of the molecule is CSCC[C@H](NC(=O)COc1ccccc1)C(=O)N1CCC(c2nc3ccccc3s2)CC1. The third kappa shape index (κ3) is 6.26. The van der Waals surface area contributed by atoms with Crippen molar-refractivity contribution < 1.29 is 14.3 Å². The van der Waals surface area contributed by atoms with Crippen LogP contribution >= 0.6 is 23.1 Å². The van der Waals surface area contributed by atoms with Crippen LogP contribution in [0.15, 0.2) is 54.6 Å². The smallest absolute Gasteiger partial charge is 0.258 e. The van der Waals surface area contributed by atoms with E-state index in [2.05, 4.69) is 17.4 Å². The number of aromatic nitrogens is 1. The van der Waals surface area contributed by atoms with Crippen LogP contribution in [0.2, 0.25) is 0 Å². The highest BCUT2D eigenvalue weighted by atomic mass is 32.2. The lowest BCUT2D eigenvalue weighted by Crippen LogP contribution is -2.51. The first-order valence-corrected chi connectivity index (χ1v) is 13.5. The van der Waals surface area contributed by atoms with E-state index >= 15 is 0 Å². The van der Waals surface area contributed by atoms with Crippen LogP contribution in [0.3, 0.4) is 0 Å². The Bertz CT molecular complexity index is 1030. The van der Waals surface area contributed by atoms with Gasteiger partial charge in [-0.2, -0.15) is 11.8 Å². The number of hydrogen-bond acceptors (Lipinski definition) is 6. The summed E-state index contributed by atoms with van der Waals surface area (Å²) >= 11 is 3.43. The fraction of sp³-hybridized carbons (Fsp3) is 0.400. The van der Waals surface area contributed by atoms with Crippen molar-refractivity contribution in [2.75, 3.05) is 31.7 Å². The average molecular weight is 484 g/mol. The highest BCUT2D eigenvalue weighted by Crippen LogP contribution is 2.34. The molecule has 1 N–H and O–H groups in total. The van der Waals surface area contributed by atoms with E-state index in [-0.39, 0.29) is 18.4 Å². The van der Waals surface area contributed by atoms with Crippen molar-refractivity contribution in [3.8, 4) is 5.75 Å². The van der Waals surface area contributed by atoms with Crippen molar-refractivity contribution in [3.05, 3.63) is 59.6 Å². The molecule has 174 valence electrons. The van der Waals surface area contributed by atoms with Gasteiger partial charge < -0.3 is 15.0 Å². The highest BCUT2D eigenvalue weighted by molar-refractivity contribution is 7.98. The first-order chi connectivity index (χ1) is 16.1. The Morgan fingerprint density at radius 2 is 1.88 bits per heavy atom. The lowest BCUT2D eigenvalue weighted by atomic mass is 9.97. The van der Waals surface area contributed by atoms with Gasteiger partial charge in [-0.3, -0.25) is 9.59 Å². The Kier molecular flexibility index (Phi) is 8.23. The van der Waals surface area contributed by atoms with Crippen molar-refractivity contribution in [3.63, 3.8) is 0 Å². The van der Waals surface area contributed by atoms with Crippen LogP contribution in [-0.2, 0) is 9.59 Å². The average Bonchev–Trinajstić information content (AvgIpc) is 3.30. The zero-order valence-electron chi connectivity index (χ0n) is 18.7. The molecule has 2 aromatic carbocycles. The number of piperidine rings is 1. The van der Waals surface area contributed by atoms with Crippen LogP contribution in [0.1, 0.15) is 30.2 Å². The predicted octanol–water partition coefficient (Wildman–Crippen LogP) is 4.32. The predicted molar refractivity (Wildman–Crippen MR) is 135 cm³/mol. The minimum absolute atomic E-state index is 0.000129. The molecular weight excluding hydrogens is 454 g/mol. The summed E-state index contributed by atoms with van der Waals surface area (Å²) in [7, 11) is 0. The number of amides is 2. The zero-order valence-corrected chi connectivity index (χ0v) is 20.4. The van der Waals surface area contributed by atoms with E-state index in [1.54, 1.807) is 35.2 Å². The number of nitrogens with zero attached hydrogens (tertiary/aromatic N) is 2. The van der Waals surface area contributed by atoms with Crippen LogP contribution in [0.25, 0.3) is 10.2 Å². The quantitative estimate of drug-likeness (QED) is 0.491. The molecule has 0 spiro atoms.